The van der Waals surface area contributed by atoms with Gasteiger partial charge in [0.15, 0.2) is 9.84 Å². The first-order valence-electron chi connectivity index (χ1n) is 9.31. The van der Waals surface area contributed by atoms with Crippen LogP contribution in [0, 0.1) is 0 Å². The molecule has 7 nitrogen and oxygen atoms in total. The summed E-state index contributed by atoms with van der Waals surface area (Å²) in [4.78, 5) is 26.3. The number of carbonyl (C=O) groups excluding carboxylic acids is 2. The van der Waals surface area contributed by atoms with E-state index >= 15 is 0 Å². The predicted molar refractivity (Wildman–Crippen MR) is 115 cm³/mol. The monoisotopic (exact) mass is 495 g/mol. The smallest absolute Gasteiger partial charge is 0.328 e. The highest BCUT2D eigenvalue weighted by molar-refractivity contribution is 9.10. The summed E-state index contributed by atoms with van der Waals surface area (Å²) in [6, 6.07) is 15.1. The van der Waals surface area contributed by atoms with Crippen LogP contribution in [0.15, 0.2) is 59.1 Å². The number of ether oxygens (including phenoxy) is 2. The van der Waals surface area contributed by atoms with Gasteiger partial charge in [-0.05, 0) is 29.8 Å². The second-order valence-electron chi connectivity index (χ2n) is 7.04. The van der Waals surface area contributed by atoms with E-state index in [1.54, 1.807) is 36.4 Å². The van der Waals surface area contributed by atoms with Gasteiger partial charge >= 0.3 is 5.97 Å². The summed E-state index contributed by atoms with van der Waals surface area (Å²) in [6.45, 7) is 0.111. The Morgan fingerprint density at radius 3 is 2.53 bits per heavy atom. The molecule has 3 rings (SSSR count). The van der Waals surface area contributed by atoms with Gasteiger partial charge in [-0.3, -0.25) is 4.79 Å². The molecule has 0 spiro atoms. The van der Waals surface area contributed by atoms with Crippen LogP contribution < -0.4 is 4.74 Å². The Bertz CT molecular complexity index is 1010. The minimum absolute atomic E-state index is 0.111. The van der Waals surface area contributed by atoms with Gasteiger partial charge in [0, 0.05) is 10.9 Å². The van der Waals surface area contributed by atoms with Crippen LogP contribution in [0.2, 0.25) is 0 Å². The first-order chi connectivity index (χ1) is 14.3. The molecule has 2 aromatic rings. The highest BCUT2D eigenvalue weighted by Crippen LogP contribution is 2.25. The third kappa shape index (κ3) is 5.82. The standard InChI is InChI=1S/C21H22BrNO6S/c1-28-21(25)19-11-18(29-17-8-3-2-4-9-17)12-23(19)20(24)14-30(26,27)13-15-6-5-7-16(22)10-15/h2-10,18-19H,11-14H2,1H3/t18-,19-/m0/s1. The zero-order valence-corrected chi connectivity index (χ0v) is 18.8. The molecule has 0 radical (unpaired) electrons. The summed E-state index contributed by atoms with van der Waals surface area (Å²) in [7, 11) is -2.49. The lowest BCUT2D eigenvalue weighted by Gasteiger charge is -2.22. The van der Waals surface area contributed by atoms with Gasteiger partial charge in [-0.15, -0.1) is 0 Å². The van der Waals surface area contributed by atoms with E-state index in [0.29, 0.717) is 11.3 Å². The maximum atomic E-state index is 12.8. The fourth-order valence-corrected chi connectivity index (χ4v) is 5.19. The van der Waals surface area contributed by atoms with Crippen molar-refractivity contribution in [2.24, 2.45) is 0 Å². The Morgan fingerprint density at radius 2 is 1.87 bits per heavy atom. The number of rotatable bonds is 7. The van der Waals surface area contributed by atoms with Gasteiger partial charge in [0.05, 0.1) is 19.4 Å². The van der Waals surface area contributed by atoms with Crippen molar-refractivity contribution in [3.05, 3.63) is 64.6 Å². The molecule has 1 heterocycles. The Kier molecular flexibility index (Phi) is 7.14. The molecule has 9 heteroatoms. The quantitative estimate of drug-likeness (QED) is 0.548. The zero-order valence-electron chi connectivity index (χ0n) is 16.4. The minimum atomic E-state index is -3.73. The Morgan fingerprint density at radius 1 is 1.13 bits per heavy atom. The molecule has 0 saturated carbocycles. The van der Waals surface area contributed by atoms with E-state index in [-0.39, 0.29) is 18.7 Å². The zero-order chi connectivity index (χ0) is 21.7. The molecule has 0 unspecified atom stereocenters. The van der Waals surface area contributed by atoms with Gasteiger partial charge in [-0.2, -0.15) is 0 Å². The molecule has 2 aromatic carbocycles. The van der Waals surface area contributed by atoms with Gasteiger partial charge < -0.3 is 14.4 Å². The molecule has 1 saturated heterocycles. The minimum Gasteiger partial charge on any atom is -0.488 e. The third-order valence-electron chi connectivity index (χ3n) is 4.72. The van der Waals surface area contributed by atoms with Gasteiger partial charge in [-0.25, -0.2) is 13.2 Å². The van der Waals surface area contributed by atoms with Crippen LogP contribution in [-0.2, 0) is 29.9 Å². The van der Waals surface area contributed by atoms with Crippen LogP contribution in [0.5, 0.6) is 5.75 Å². The lowest BCUT2D eigenvalue weighted by Crippen LogP contribution is -2.44. The summed E-state index contributed by atoms with van der Waals surface area (Å²) >= 11 is 3.30. The maximum Gasteiger partial charge on any atom is 0.328 e. The van der Waals surface area contributed by atoms with E-state index in [0.717, 1.165) is 4.47 Å². The van der Waals surface area contributed by atoms with Crippen LogP contribution in [0.3, 0.4) is 0 Å². The molecular formula is C21H22BrNO6S. The van der Waals surface area contributed by atoms with Crippen LogP contribution in [-0.4, -0.2) is 56.7 Å². The van der Waals surface area contributed by atoms with Crippen molar-refractivity contribution in [1.82, 2.24) is 4.90 Å². The number of halogens is 1. The largest absolute Gasteiger partial charge is 0.488 e. The van der Waals surface area contributed by atoms with Crippen molar-refractivity contribution in [3.8, 4) is 5.75 Å². The van der Waals surface area contributed by atoms with E-state index in [9.17, 15) is 18.0 Å². The first kappa shape index (κ1) is 22.3. The summed E-state index contributed by atoms with van der Waals surface area (Å²) in [5.41, 5.74) is 0.577. The normalized spacial score (nSPS) is 18.8. The number of para-hydroxylation sites is 1. The molecule has 2 atom stereocenters. The number of methoxy groups -OCH3 is 1. The van der Waals surface area contributed by atoms with E-state index in [1.807, 2.05) is 18.2 Å². The van der Waals surface area contributed by atoms with E-state index in [1.165, 1.54) is 12.0 Å². The number of hydrogen-bond donors (Lipinski definition) is 0. The van der Waals surface area contributed by atoms with Crippen LogP contribution in [0.4, 0.5) is 0 Å². The van der Waals surface area contributed by atoms with Gasteiger partial charge in [0.1, 0.15) is 23.6 Å². The number of hydrogen-bond acceptors (Lipinski definition) is 6. The summed E-state index contributed by atoms with van der Waals surface area (Å²) in [5.74, 6) is -1.57. The number of nitrogens with zero attached hydrogens (tertiary/aromatic N) is 1. The Labute approximate surface area is 184 Å². The number of likely N-dealkylation sites (tertiary alicyclic amines) is 1. The molecule has 1 aliphatic heterocycles. The van der Waals surface area contributed by atoms with Crippen molar-refractivity contribution >= 4 is 37.6 Å². The van der Waals surface area contributed by atoms with Gasteiger partial charge in [0.25, 0.3) is 0 Å². The van der Waals surface area contributed by atoms with Crippen molar-refractivity contribution < 1.29 is 27.5 Å². The van der Waals surface area contributed by atoms with Crippen LogP contribution in [0.1, 0.15) is 12.0 Å². The van der Waals surface area contributed by atoms with Crippen LogP contribution in [0.25, 0.3) is 0 Å². The van der Waals surface area contributed by atoms with E-state index in [2.05, 4.69) is 15.9 Å². The fourth-order valence-electron chi connectivity index (χ4n) is 3.41. The summed E-state index contributed by atoms with van der Waals surface area (Å²) < 4.78 is 36.6. The first-order valence-corrected chi connectivity index (χ1v) is 11.9. The fraction of sp³-hybridized carbons (Fsp3) is 0.333. The average Bonchev–Trinajstić information content (AvgIpc) is 3.11. The molecule has 1 amide bonds. The summed E-state index contributed by atoms with van der Waals surface area (Å²) in [5, 5.41) is 0. The highest BCUT2D eigenvalue weighted by atomic mass is 79.9. The van der Waals surface area contributed by atoms with Gasteiger partial charge in [0.2, 0.25) is 5.91 Å². The number of sulfone groups is 1. The highest BCUT2D eigenvalue weighted by Gasteiger charge is 2.42. The molecular weight excluding hydrogens is 474 g/mol. The molecule has 0 bridgehead atoms. The topological polar surface area (TPSA) is 90.0 Å². The molecule has 160 valence electrons. The van der Waals surface area contributed by atoms with Crippen LogP contribution >= 0.6 is 15.9 Å². The number of benzene rings is 2. The SMILES string of the molecule is COC(=O)[C@@H]1C[C@H](Oc2ccccc2)CN1C(=O)CS(=O)(=O)Cc1cccc(Br)c1. The second-order valence-corrected chi connectivity index (χ2v) is 10.0. The molecule has 0 N–H and O–H groups in total. The lowest BCUT2D eigenvalue weighted by atomic mass is 10.2. The number of amides is 1. The molecule has 1 fully saturated rings. The lowest BCUT2D eigenvalue weighted by molar-refractivity contribution is -0.150. The van der Waals surface area contributed by atoms with E-state index in [4.69, 9.17) is 9.47 Å². The van der Waals surface area contributed by atoms with E-state index < -0.39 is 39.6 Å². The molecule has 30 heavy (non-hydrogen) atoms. The third-order valence-corrected chi connectivity index (χ3v) is 6.67. The predicted octanol–water partition coefficient (Wildman–Crippen LogP) is 2.59. The number of carbonyl (C=O) groups is 2. The Balaban J connectivity index is 1.70. The second kappa shape index (κ2) is 9.61. The average molecular weight is 496 g/mol. The maximum absolute atomic E-state index is 12.8. The summed E-state index contributed by atoms with van der Waals surface area (Å²) in [6.07, 6.45) is -0.202. The van der Waals surface area contributed by atoms with Crippen molar-refractivity contribution in [1.29, 1.82) is 0 Å². The Hall–Kier alpha value is -2.39. The van der Waals surface area contributed by atoms with Crippen molar-refractivity contribution in [2.75, 3.05) is 19.4 Å². The van der Waals surface area contributed by atoms with Gasteiger partial charge in [-0.1, -0.05) is 46.3 Å². The molecule has 1 aliphatic rings. The van der Waals surface area contributed by atoms with Crippen molar-refractivity contribution in [3.63, 3.8) is 0 Å². The van der Waals surface area contributed by atoms with Crippen molar-refractivity contribution in [2.45, 2.75) is 24.3 Å². The number of esters is 1. The molecule has 0 aliphatic carbocycles. The molecule has 0 aromatic heterocycles.